The fourth-order valence-electron chi connectivity index (χ4n) is 3.81. The van der Waals surface area contributed by atoms with Crippen molar-refractivity contribution < 1.29 is 13.9 Å². The van der Waals surface area contributed by atoms with E-state index in [2.05, 4.69) is 6.92 Å². The van der Waals surface area contributed by atoms with E-state index in [9.17, 15) is 13.9 Å². The Kier molecular flexibility index (Phi) is 2.45. The summed E-state index contributed by atoms with van der Waals surface area (Å²) in [6.07, 6.45) is 5.73. The minimum Gasteiger partial charge on any atom is -0.508 e. The van der Waals surface area contributed by atoms with Crippen LogP contribution >= 0.6 is 0 Å². The second-order valence-electron chi connectivity index (χ2n) is 6.38. The van der Waals surface area contributed by atoms with E-state index in [1.165, 1.54) is 0 Å². The highest BCUT2D eigenvalue weighted by Gasteiger charge is 2.49. The van der Waals surface area contributed by atoms with Crippen molar-refractivity contribution in [2.75, 3.05) is 0 Å². The number of aromatic hydroxyl groups is 1. The van der Waals surface area contributed by atoms with Crippen LogP contribution in [0.4, 0.5) is 8.78 Å². The molecule has 0 atom stereocenters. The summed E-state index contributed by atoms with van der Waals surface area (Å²) in [6, 6.07) is 2.07. The molecule has 0 saturated heterocycles. The highest BCUT2D eigenvalue weighted by molar-refractivity contribution is 5.36. The lowest BCUT2D eigenvalue weighted by atomic mass is 9.52. The molecular weight excluding hydrogens is 234 g/mol. The maximum Gasteiger partial charge on any atom is 0.133 e. The first-order chi connectivity index (χ1) is 8.44. The molecule has 0 aliphatic heterocycles. The van der Waals surface area contributed by atoms with E-state index in [0.29, 0.717) is 5.41 Å². The second kappa shape index (κ2) is 3.69. The molecule has 3 aliphatic carbocycles. The molecule has 2 bridgehead atoms. The zero-order chi connectivity index (χ0) is 13.0. The number of hydrogen-bond donors (Lipinski definition) is 1. The lowest BCUT2D eigenvalue weighted by Crippen LogP contribution is -2.43. The second-order valence-corrected chi connectivity index (χ2v) is 6.38. The minimum absolute atomic E-state index is 0.210. The summed E-state index contributed by atoms with van der Waals surface area (Å²) in [4.78, 5) is 0. The summed E-state index contributed by atoms with van der Waals surface area (Å²) in [5.41, 5.74) is 0.257. The molecule has 18 heavy (non-hydrogen) atoms. The van der Waals surface area contributed by atoms with E-state index in [1.807, 2.05) is 0 Å². The number of phenols is 1. The van der Waals surface area contributed by atoms with Gasteiger partial charge >= 0.3 is 0 Å². The summed E-state index contributed by atoms with van der Waals surface area (Å²) in [5.74, 6) is -1.50. The van der Waals surface area contributed by atoms with Crippen LogP contribution in [0, 0.1) is 17.0 Å². The zero-order valence-electron chi connectivity index (χ0n) is 10.6. The van der Waals surface area contributed by atoms with Gasteiger partial charge in [0.2, 0.25) is 0 Å². The van der Waals surface area contributed by atoms with Crippen LogP contribution in [-0.4, -0.2) is 5.11 Å². The Morgan fingerprint density at radius 3 is 1.83 bits per heavy atom. The van der Waals surface area contributed by atoms with Crippen LogP contribution in [0.2, 0.25) is 0 Å². The third kappa shape index (κ3) is 1.63. The summed E-state index contributed by atoms with van der Waals surface area (Å²) in [7, 11) is 0. The average molecular weight is 252 g/mol. The SMILES string of the molecule is CC12CCC(c3c(F)cc(O)cc3F)(CC1)CC2. The maximum atomic E-state index is 14.0. The lowest BCUT2D eigenvalue weighted by molar-refractivity contribution is 0.0513. The van der Waals surface area contributed by atoms with Gasteiger partial charge in [-0.1, -0.05) is 6.92 Å². The molecule has 0 unspecified atom stereocenters. The van der Waals surface area contributed by atoms with Gasteiger partial charge in [0.1, 0.15) is 17.4 Å². The van der Waals surface area contributed by atoms with E-state index < -0.39 is 11.6 Å². The molecule has 0 aromatic heterocycles. The molecule has 0 heterocycles. The number of benzene rings is 1. The Bertz CT molecular complexity index is 448. The van der Waals surface area contributed by atoms with Gasteiger partial charge < -0.3 is 5.11 Å². The lowest BCUT2D eigenvalue weighted by Gasteiger charge is -2.52. The van der Waals surface area contributed by atoms with Gasteiger partial charge in [0, 0.05) is 23.1 Å². The van der Waals surface area contributed by atoms with E-state index in [-0.39, 0.29) is 16.7 Å². The molecule has 0 spiro atoms. The maximum absolute atomic E-state index is 14.0. The molecule has 0 radical (unpaired) electrons. The number of phenolic OH excluding ortho intramolecular Hbond substituents is 1. The summed E-state index contributed by atoms with van der Waals surface area (Å²) >= 11 is 0. The van der Waals surface area contributed by atoms with Gasteiger partial charge in [0.15, 0.2) is 0 Å². The highest BCUT2D eigenvalue weighted by atomic mass is 19.1. The average Bonchev–Trinajstić information content (AvgIpc) is 2.29. The fourth-order valence-corrected chi connectivity index (χ4v) is 3.81. The van der Waals surface area contributed by atoms with Crippen molar-refractivity contribution in [3.05, 3.63) is 29.3 Å². The van der Waals surface area contributed by atoms with Crippen molar-refractivity contribution in [3.8, 4) is 5.75 Å². The topological polar surface area (TPSA) is 20.2 Å². The quantitative estimate of drug-likeness (QED) is 0.790. The van der Waals surface area contributed by atoms with Crippen LogP contribution in [0.1, 0.15) is 51.0 Å². The smallest absolute Gasteiger partial charge is 0.133 e. The fraction of sp³-hybridized carbons (Fsp3) is 0.600. The van der Waals surface area contributed by atoms with E-state index in [4.69, 9.17) is 0 Å². The predicted octanol–water partition coefficient (Wildman–Crippen LogP) is 4.28. The monoisotopic (exact) mass is 252 g/mol. The molecule has 1 aromatic carbocycles. The first-order valence-electron chi connectivity index (χ1n) is 6.63. The standard InChI is InChI=1S/C15H18F2O/c1-14-2-5-15(6-3-14,7-4-14)13-11(16)8-10(18)9-12(13)17/h8-9,18H,2-7H2,1H3. The van der Waals surface area contributed by atoms with Crippen molar-refractivity contribution in [1.29, 1.82) is 0 Å². The van der Waals surface area contributed by atoms with Gasteiger partial charge in [-0.25, -0.2) is 8.78 Å². The van der Waals surface area contributed by atoms with Gasteiger partial charge in [0.25, 0.3) is 0 Å². The van der Waals surface area contributed by atoms with Crippen LogP contribution in [0.5, 0.6) is 5.75 Å². The molecule has 4 rings (SSSR count). The first-order valence-corrected chi connectivity index (χ1v) is 6.63. The molecule has 98 valence electrons. The van der Waals surface area contributed by atoms with Gasteiger partial charge in [-0.2, -0.15) is 0 Å². The van der Waals surface area contributed by atoms with Crippen LogP contribution in [-0.2, 0) is 5.41 Å². The summed E-state index contributed by atoms with van der Waals surface area (Å²) in [6.45, 7) is 2.28. The normalized spacial score (nSPS) is 34.8. The van der Waals surface area contributed by atoms with E-state index in [0.717, 1.165) is 50.7 Å². The third-order valence-corrected chi connectivity index (χ3v) is 5.18. The number of hydrogen-bond acceptors (Lipinski definition) is 1. The van der Waals surface area contributed by atoms with Crippen molar-refractivity contribution in [3.63, 3.8) is 0 Å². The molecule has 3 fully saturated rings. The Labute approximate surface area is 106 Å². The molecule has 1 nitrogen and oxygen atoms in total. The van der Waals surface area contributed by atoms with Crippen LogP contribution in [0.15, 0.2) is 12.1 Å². The highest BCUT2D eigenvalue weighted by Crippen LogP contribution is 2.58. The predicted molar refractivity (Wildman–Crippen MR) is 65.5 cm³/mol. The molecule has 3 heteroatoms. The Morgan fingerprint density at radius 2 is 1.39 bits per heavy atom. The molecular formula is C15H18F2O. The van der Waals surface area contributed by atoms with Crippen molar-refractivity contribution in [2.24, 2.45) is 5.41 Å². The van der Waals surface area contributed by atoms with Crippen LogP contribution in [0.3, 0.4) is 0 Å². The first kappa shape index (κ1) is 11.9. The van der Waals surface area contributed by atoms with E-state index in [1.54, 1.807) is 0 Å². The Morgan fingerprint density at radius 1 is 0.944 bits per heavy atom. The molecule has 1 N–H and O–H groups in total. The van der Waals surface area contributed by atoms with Gasteiger partial charge in [0.05, 0.1) is 0 Å². The Hall–Kier alpha value is -1.12. The molecule has 3 aliphatic rings. The Balaban J connectivity index is 2.06. The summed E-state index contributed by atoms with van der Waals surface area (Å²) < 4.78 is 28.1. The minimum atomic E-state index is -0.585. The third-order valence-electron chi connectivity index (χ3n) is 5.18. The number of rotatable bonds is 1. The van der Waals surface area contributed by atoms with Gasteiger partial charge in [-0.05, 0) is 43.9 Å². The summed E-state index contributed by atoms with van der Waals surface area (Å²) in [5, 5.41) is 9.24. The van der Waals surface area contributed by atoms with E-state index >= 15 is 0 Å². The zero-order valence-corrected chi connectivity index (χ0v) is 10.6. The van der Waals surface area contributed by atoms with Crippen molar-refractivity contribution in [1.82, 2.24) is 0 Å². The van der Waals surface area contributed by atoms with Crippen molar-refractivity contribution in [2.45, 2.75) is 50.9 Å². The van der Waals surface area contributed by atoms with Crippen LogP contribution < -0.4 is 0 Å². The van der Waals surface area contributed by atoms with Crippen molar-refractivity contribution >= 4 is 0 Å². The van der Waals surface area contributed by atoms with Gasteiger partial charge in [-0.15, -0.1) is 0 Å². The number of fused-ring (bicyclic) bond motifs is 3. The largest absolute Gasteiger partial charge is 0.508 e. The molecule has 1 aromatic rings. The molecule has 0 amide bonds. The van der Waals surface area contributed by atoms with Crippen LogP contribution in [0.25, 0.3) is 0 Å². The van der Waals surface area contributed by atoms with Gasteiger partial charge in [-0.3, -0.25) is 0 Å². The molecule has 3 saturated carbocycles. The number of halogens is 2.